The number of hydrogen-bond donors (Lipinski definition) is 2. The van der Waals surface area contributed by atoms with E-state index in [1.165, 1.54) is 17.0 Å². The number of ether oxygens (including phenoxy) is 1. The molecule has 4 aromatic rings. The van der Waals surface area contributed by atoms with Gasteiger partial charge in [0.2, 0.25) is 11.8 Å². The Morgan fingerprint density at radius 2 is 1.66 bits per heavy atom. The lowest BCUT2D eigenvalue weighted by atomic mass is 9.68. The molecule has 8 nitrogen and oxygen atoms in total. The van der Waals surface area contributed by atoms with E-state index in [0.717, 1.165) is 45.4 Å². The summed E-state index contributed by atoms with van der Waals surface area (Å²) in [6, 6.07) is 20.5. The van der Waals surface area contributed by atoms with Gasteiger partial charge in [0.15, 0.2) is 6.61 Å². The first-order valence-electron chi connectivity index (χ1n) is 15.1. The van der Waals surface area contributed by atoms with Gasteiger partial charge >= 0.3 is 11.0 Å². The summed E-state index contributed by atoms with van der Waals surface area (Å²) in [5.74, 6) is -2.10. The molecule has 4 aliphatic rings. The van der Waals surface area contributed by atoms with Gasteiger partial charge in [0.05, 0.1) is 28.1 Å². The zero-order valence-corrected chi connectivity index (χ0v) is 26.0. The lowest BCUT2D eigenvalue weighted by Crippen LogP contribution is -2.42. The third kappa shape index (κ3) is 4.89. The van der Waals surface area contributed by atoms with Crippen molar-refractivity contribution in [2.45, 2.75) is 28.8 Å². The molecule has 3 amide bonds. The SMILES string of the molecule is O=C(COc1ccccc1[C@H]1c2sc(=O)[nH]c2SC2C1[C@H]1C[C@@H]2C2C(=O)N(c3ccccc3)C(=O)C21)Nc1cccc(C(F)(F)F)c1. The van der Waals surface area contributed by atoms with E-state index in [2.05, 4.69) is 10.3 Å². The van der Waals surface area contributed by atoms with Gasteiger partial charge in [-0.1, -0.05) is 53.8 Å². The van der Waals surface area contributed by atoms with E-state index in [4.69, 9.17) is 4.74 Å². The van der Waals surface area contributed by atoms with Crippen molar-refractivity contribution in [3.63, 3.8) is 0 Å². The molecule has 2 N–H and O–H groups in total. The summed E-state index contributed by atoms with van der Waals surface area (Å²) >= 11 is 2.69. The summed E-state index contributed by atoms with van der Waals surface area (Å²) in [6.07, 6.45) is -3.83. The number of nitrogens with one attached hydrogen (secondary N) is 2. The van der Waals surface area contributed by atoms with Gasteiger partial charge in [-0.2, -0.15) is 13.2 Å². The number of benzene rings is 3. The van der Waals surface area contributed by atoms with Crippen LogP contribution in [-0.4, -0.2) is 34.6 Å². The molecule has 13 heteroatoms. The van der Waals surface area contributed by atoms with Crippen molar-refractivity contribution in [3.05, 3.63) is 105 Å². The lowest BCUT2D eigenvalue weighted by molar-refractivity contribution is -0.137. The van der Waals surface area contributed by atoms with Gasteiger partial charge in [-0.3, -0.25) is 24.1 Å². The van der Waals surface area contributed by atoms with Crippen LogP contribution in [0.1, 0.15) is 28.3 Å². The molecule has 2 bridgehead atoms. The van der Waals surface area contributed by atoms with E-state index in [1.54, 1.807) is 48.2 Å². The van der Waals surface area contributed by atoms with Crippen LogP contribution in [0.5, 0.6) is 5.75 Å². The number of aromatic amines is 1. The number of carbonyl (C=O) groups is 3. The highest BCUT2D eigenvalue weighted by Crippen LogP contribution is 2.69. The number of alkyl halides is 3. The Hall–Kier alpha value is -4.36. The number of amides is 3. The summed E-state index contributed by atoms with van der Waals surface area (Å²) in [5, 5.41) is 3.17. The molecule has 0 radical (unpaired) electrons. The number of hydrogen-bond acceptors (Lipinski definition) is 7. The van der Waals surface area contributed by atoms with Crippen LogP contribution in [0.2, 0.25) is 0 Å². The minimum absolute atomic E-state index is 0.00698. The zero-order chi connectivity index (χ0) is 32.6. The smallest absolute Gasteiger partial charge is 0.416 e. The van der Waals surface area contributed by atoms with Crippen LogP contribution in [0.4, 0.5) is 24.5 Å². The Morgan fingerprint density at radius 1 is 0.936 bits per heavy atom. The third-order valence-corrected chi connectivity index (χ3v) is 12.4. The van der Waals surface area contributed by atoms with Crippen LogP contribution in [0.25, 0.3) is 0 Å². The fourth-order valence-electron chi connectivity index (χ4n) is 8.18. The number of nitrogens with zero attached hydrogens (tertiary/aromatic N) is 1. The van der Waals surface area contributed by atoms with Gasteiger partial charge in [0.1, 0.15) is 5.75 Å². The molecule has 240 valence electrons. The maximum atomic E-state index is 13.9. The molecule has 3 heterocycles. The number of H-pyrrole nitrogens is 1. The number of carbonyl (C=O) groups excluding carboxylic acids is 3. The van der Waals surface area contributed by atoms with Gasteiger partial charge in [-0.05, 0) is 60.6 Å². The third-order valence-electron chi connectivity index (χ3n) is 9.82. The first-order chi connectivity index (χ1) is 22.6. The average molecular weight is 678 g/mol. The monoisotopic (exact) mass is 677 g/mol. The van der Waals surface area contributed by atoms with Crippen molar-refractivity contribution >= 4 is 52.2 Å². The van der Waals surface area contributed by atoms with Crippen LogP contribution in [-0.2, 0) is 20.6 Å². The predicted octanol–water partition coefficient (Wildman–Crippen LogP) is 6.15. The average Bonchev–Trinajstić information content (AvgIpc) is 3.79. The first-order valence-corrected chi connectivity index (χ1v) is 16.8. The van der Waals surface area contributed by atoms with Gasteiger partial charge < -0.3 is 15.0 Å². The van der Waals surface area contributed by atoms with E-state index in [1.807, 2.05) is 18.2 Å². The number of rotatable bonds is 6. The second-order valence-electron chi connectivity index (χ2n) is 12.3. The molecule has 8 rings (SSSR count). The number of thiazole rings is 1. The Labute approximate surface area is 274 Å². The number of para-hydroxylation sites is 2. The molecular weight excluding hydrogens is 652 g/mol. The van der Waals surface area contributed by atoms with E-state index < -0.39 is 36.1 Å². The Morgan fingerprint density at radius 3 is 2.43 bits per heavy atom. The van der Waals surface area contributed by atoms with Crippen LogP contribution in [0.3, 0.4) is 0 Å². The predicted molar refractivity (Wildman–Crippen MR) is 169 cm³/mol. The minimum atomic E-state index is -4.55. The molecule has 3 aromatic carbocycles. The lowest BCUT2D eigenvalue weighted by Gasteiger charge is -2.43. The van der Waals surface area contributed by atoms with Crippen molar-refractivity contribution in [2.75, 3.05) is 16.8 Å². The molecular formula is C34H26F3N3O5S2. The van der Waals surface area contributed by atoms with E-state index in [9.17, 15) is 32.3 Å². The molecule has 47 heavy (non-hydrogen) atoms. The molecule has 2 saturated carbocycles. The zero-order valence-electron chi connectivity index (χ0n) is 24.4. The van der Waals surface area contributed by atoms with Crippen LogP contribution in [0, 0.1) is 29.6 Å². The fourth-order valence-corrected chi connectivity index (χ4v) is 11.1. The van der Waals surface area contributed by atoms with Gasteiger partial charge in [-0.15, -0.1) is 11.8 Å². The van der Waals surface area contributed by atoms with Gasteiger partial charge in [0, 0.05) is 27.3 Å². The maximum absolute atomic E-state index is 13.9. The van der Waals surface area contributed by atoms with E-state index in [0.29, 0.717) is 11.4 Å². The molecule has 0 spiro atoms. The number of imide groups is 1. The number of aromatic nitrogens is 1. The highest BCUT2D eigenvalue weighted by atomic mass is 32.2. The summed E-state index contributed by atoms with van der Waals surface area (Å²) in [7, 11) is 0. The summed E-state index contributed by atoms with van der Waals surface area (Å²) in [6.45, 7) is -0.463. The van der Waals surface area contributed by atoms with Crippen LogP contribution in [0.15, 0.2) is 88.7 Å². The van der Waals surface area contributed by atoms with E-state index >= 15 is 0 Å². The standard InChI is InChI=1S/C34H26F3N3O5S2/c35-34(36,37)16-7-6-8-17(13-16)38-23(41)15-45-22-12-5-4-11-19(22)24-25-20-14-21(28(25)46-30-29(24)47-33(44)39-30)27-26(20)31(42)40(32(27)43)18-9-2-1-3-10-18/h1-13,20-21,24-28H,14-15H2,(H,38,41)(H,39,44)/t20-,21-,24-,25?,26?,27?,28?/m1/s1. The quantitative estimate of drug-likeness (QED) is 0.237. The highest BCUT2D eigenvalue weighted by Gasteiger charge is 2.69. The number of thioether (sulfide) groups is 1. The van der Waals surface area contributed by atoms with Gasteiger partial charge in [0.25, 0.3) is 5.91 Å². The van der Waals surface area contributed by atoms with Crippen molar-refractivity contribution < 1.29 is 32.3 Å². The first kappa shape index (κ1) is 30.0. The largest absolute Gasteiger partial charge is 0.483 e. The number of anilines is 2. The normalized spacial score (nSPS) is 27.4. The topological polar surface area (TPSA) is 109 Å². The van der Waals surface area contributed by atoms with Crippen molar-refractivity contribution in [2.24, 2.45) is 29.6 Å². The van der Waals surface area contributed by atoms with Crippen molar-refractivity contribution in [1.29, 1.82) is 0 Å². The maximum Gasteiger partial charge on any atom is 0.416 e. The summed E-state index contributed by atoms with van der Waals surface area (Å²) < 4.78 is 45.5. The molecule has 4 unspecified atom stereocenters. The second kappa shape index (κ2) is 11.1. The van der Waals surface area contributed by atoms with Gasteiger partial charge in [-0.25, -0.2) is 0 Å². The van der Waals surface area contributed by atoms with E-state index in [-0.39, 0.29) is 51.3 Å². The molecule has 1 aromatic heterocycles. The number of halogens is 3. The molecule has 1 saturated heterocycles. The van der Waals surface area contributed by atoms with Crippen molar-refractivity contribution in [1.82, 2.24) is 4.98 Å². The summed E-state index contributed by atoms with van der Waals surface area (Å²) in [5.41, 5.74) is 0.420. The van der Waals surface area contributed by atoms with Crippen molar-refractivity contribution in [3.8, 4) is 5.75 Å². The number of fused-ring (bicyclic) bond motifs is 9. The molecule has 2 aliphatic carbocycles. The fraction of sp³-hybridized carbons (Fsp3) is 0.294. The Balaban J connectivity index is 1.10. The Bertz CT molecular complexity index is 1980. The molecule has 3 fully saturated rings. The van der Waals surface area contributed by atoms with Crippen LogP contribution < -0.4 is 19.8 Å². The second-order valence-corrected chi connectivity index (χ2v) is 14.5. The summed E-state index contributed by atoms with van der Waals surface area (Å²) in [4.78, 5) is 58.2. The van der Waals surface area contributed by atoms with Crippen LogP contribution >= 0.6 is 23.1 Å². The molecule has 7 atom stereocenters. The highest BCUT2D eigenvalue weighted by molar-refractivity contribution is 8.00. The Kier molecular flexibility index (Phi) is 7.10. The minimum Gasteiger partial charge on any atom is -0.483 e. The molecule has 2 aliphatic heterocycles.